The van der Waals surface area contributed by atoms with Crippen molar-refractivity contribution in [1.29, 1.82) is 0 Å². The van der Waals surface area contributed by atoms with Crippen LogP contribution in [0.1, 0.15) is 99.9 Å². The fourth-order valence-electron chi connectivity index (χ4n) is 23.6. The molecule has 4 aliphatic rings. The van der Waals surface area contributed by atoms with Crippen molar-refractivity contribution in [3.05, 3.63) is 475 Å². The fraction of sp³-hybridized carbons (Fsp3) is 0.0930. The van der Waals surface area contributed by atoms with Gasteiger partial charge in [0.25, 0.3) is 0 Å². The Balaban J connectivity index is 0.000000111. The van der Waals surface area contributed by atoms with Crippen molar-refractivity contribution in [1.82, 2.24) is 28.7 Å². The summed E-state index contributed by atoms with van der Waals surface area (Å²) in [5, 5.41) is 11.9. The molecule has 0 saturated carbocycles. The lowest BCUT2D eigenvalue weighted by Gasteiger charge is -2.49. The van der Waals surface area contributed by atoms with Crippen LogP contribution in [-0.4, -0.2) is 28.7 Å². The van der Waals surface area contributed by atoms with Crippen molar-refractivity contribution in [3.63, 3.8) is 0 Å². The van der Waals surface area contributed by atoms with Gasteiger partial charge in [-0.1, -0.05) is 328 Å². The molecule has 0 fully saturated rings. The Hall–Kier alpha value is -17.4. The lowest BCUT2D eigenvalue weighted by molar-refractivity contribution is 0.598. The summed E-state index contributed by atoms with van der Waals surface area (Å²) < 4.78 is 20.4. The summed E-state index contributed by atoms with van der Waals surface area (Å²) in [5.74, 6) is 1.82. The first-order chi connectivity index (χ1) is 68.5. The third-order valence-electron chi connectivity index (χ3n) is 30.5. The predicted octanol–water partition coefficient (Wildman–Crippen LogP) is 34.3. The van der Waals surface area contributed by atoms with E-state index in [1.54, 1.807) is 0 Å². The van der Waals surface area contributed by atoms with Gasteiger partial charge in [-0.25, -0.2) is 4.98 Å². The summed E-state index contributed by atoms with van der Waals surface area (Å²) >= 11 is 0. The first-order valence-corrected chi connectivity index (χ1v) is 48.5. The number of para-hydroxylation sites is 10. The molecule has 0 unspecified atom stereocenters. The zero-order chi connectivity index (χ0) is 93.8. The molecule has 19 aromatic carbocycles. The van der Waals surface area contributed by atoms with Gasteiger partial charge in [0.05, 0.1) is 72.6 Å². The van der Waals surface area contributed by atoms with E-state index in [9.17, 15) is 0 Å². The Bertz CT molecular complexity index is 9260. The van der Waals surface area contributed by atoms with E-state index in [0.29, 0.717) is 17.6 Å². The van der Waals surface area contributed by atoms with Gasteiger partial charge in [-0.3, -0.25) is 4.57 Å². The number of furan rings is 2. The van der Waals surface area contributed by atoms with Gasteiger partial charge in [-0.2, -0.15) is 9.97 Å². The molecule has 25 aromatic rings. The number of fused-ring (bicyclic) bond motifs is 24. The lowest BCUT2D eigenvalue weighted by atomic mass is 9.65. The van der Waals surface area contributed by atoms with E-state index in [1.807, 2.05) is 42.5 Å². The van der Waals surface area contributed by atoms with Gasteiger partial charge in [0.15, 0.2) is 11.6 Å². The lowest BCUT2D eigenvalue weighted by Crippen LogP contribution is -2.38. The maximum absolute atomic E-state index is 6.65. The van der Waals surface area contributed by atoms with Crippen LogP contribution in [0.25, 0.3) is 161 Å². The average Bonchev–Trinajstić information content (AvgIpc) is 1.08. The first-order valence-electron chi connectivity index (χ1n) is 48.5. The number of rotatable bonds is 9. The second kappa shape index (κ2) is 31.1. The second-order valence-corrected chi connectivity index (χ2v) is 39.8. The molecule has 10 heterocycles. The maximum Gasteiger partial charge on any atom is 0.238 e. The van der Waals surface area contributed by atoms with Crippen LogP contribution in [-0.2, 0) is 21.7 Å². The van der Waals surface area contributed by atoms with Crippen molar-refractivity contribution < 1.29 is 8.83 Å². The predicted molar refractivity (Wildman–Crippen MR) is 579 cm³/mol. The van der Waals surface area contributed by atoms with Gasteiger partial charge >= 0.3 is 0 Å². The van der Waals surface area contributed by atoms with Crippen molar-refractivity contribution in [2.24, 2.45) is 0 Å². The Morgan fingerprint density at radius 3 is 1.26 bits per heavy atom. The van der Waals surface area contributed by atoms with Crippen molar-refractivity contribution in [2.75, 3.05) is 14.7 Å². The number of aromatic nitrogens is 6. The van der Waals surface area contributed by atoms with E-state index in [0.717, 1.165) is 99.9 Å². The van der Waals surface area contributed by atoms with E-state index in [4.69, 9.17) is 23.8 Å². The Kier molecular flexibility index (Phi) is 18.2. The minimum atomic E-state index is -0.372. The first kappa shape index (κ1) is 82.1. The number of anilines is 9. The summed E-state index contributed by atoms with van der Waals surface area (Å²) in [6, 6.07) is 154. The molecule has 4 aliphatic heterocycles. The monoisotopic (exact) mass is 1800 g/mol. The van der Waals surface area contributed by atoms with Gasteiger partial charge in [0.1, 0.15) is 22.3 Å². The molecular formula is C129H95N9O2. The van der Waals surface area contributed by atoms with Crippen LogP contribution in [0.15, 0.2) is 440 Å². The van der Waals surface area contributed by atoms with Crippen LogP contribution in [0.2, 0.25) is 0 Å². The number of benzene rings is 19. The highest BCUT2D eigenvalue weighted by molar-refractivity contribution is 6.26. The standard InChI is InChI=1S/C57H41N5O.C39H28N2O.C33H26N2/c1-56(2)42-30-40-38-24-14-16-26-46(38)62(55-59-53(35-20-10-6-11-21-35)58-54(60-55)36-22-12-7-13-23-36)47(40)32-48(42)61-49-33-51-41(39-25-15-17-27-50(39)63-51)31-43(49)57(3,4)45-29-37(28-44(56)52(45)61)34-18-8-5-9-19-34;1-39(2)31-23-27(40(25-13-5-3-6-14-25)26-15-7-4-8-16-26)21-22-34(31)41-33-19-11-9-18-29(33)36-37(41)32(39)24-30-28-17-10-12-20-35(28)42-38(30)36;1-33(2)27-18-10-12-20-30(27)35(24-15-7-4-8-16-24)32-21-26-25-17-9-11-19-29(25)34(31(26)22-28(32)33)23-13-5-3-6-14-23/h5-33H,1-4H3;3-24H,1-2H3;3-22H,1-2H3. The maximum atomic E-state index is 6.65. The molecule has 140 heavy (non-hydrogen) atoms. The Morgan fingerprint density at radius 2 is 0.657 bits per heavy atom. The van der Waals surface area contributed by atoms with E-state index >= 15 is 0 Å². The van der Waals surface area contributed by atoms with Crippen LogP contribution in [0.3, 0.4) is 0 Å². The highest BCUT2D eigenvalue weighted by atomic mass is 16.3. The zero-order valence-electron chi connectivity index (χ0n) is 78.8. The normalized spacial score (nSPS) is 14.2. The molecule has 0 radical (unpaired) electrons. The third kappa shape index (κ3) is 12.4. The van der Waals surface area contributed by atoms with Crippen LogP contribution in [0.5, 0.6) is 0 Å². The highest BCUT2D eigenvalue weighted by Crippen LogP contribution is 2.64. The van der Waals surface area contributed by atoms with E-state index in [1.165, 1.54) is 139 Å². The number of nitrogens with zero attached hydrogens (tertiary/aromatic N) is 9. The van der Waals surface area contributed by atoms with Crippen LogP contribution < -0.4 is 14.7 Å². The van der Waals surface area contributed by atoms with Crippen molar-refractivity contribution >= 4 is 160 Å². The van der Waals surface area contributed by atoms with Crippen molar-refractivity contribution in [3.8, 4) is 51.2 Å². The molecule has 0 spiro atoms. The van der Waals surface area contributed by atoms with E-state index in [-0.39, 0.29) is 21.7 Å². The smallest absolute Gasteiger partial charge is 0.238 e. The minimum absolute atomic E-state index is 0.136. The van der Waals surface area contributed by atoms with E-state index in [2.05, 4.69) is 472 Å². The Labute approximate surface area is 810 Å². The molecular weight excluding hydrogens is 1710 g/mol. The highest BCUT2D eigenvalue weighted by Gasteiger charge is 2.48. The van der Waals surface area contributed by atoms with Crippen LogP contribution in [0, 0.1) is 0 Å². The SMILES string of the molecule is CC1(C)c2cc(N(c3ccccc3)c3ccccc3)ccc2-n2c3ccccc3c3c4oc5ccccc5c4cc1c32.CC1(C)c2cc3c(cc2N2c4cc5c(cc4C(C)(C)c4cc(-c6ccccc6)cc1c42)c1ccccc1n5-c1nc(-c2ccccc2)nc(-c2ccccc2)n1)oc1ccccc13.CC1(C)c2ccccc2N(c2ccccc2)c2cc3c4ccccc4n(-c4ccccc4)c3cc21. The molecule has 0 amide bonds. The number of hydrogen-bond donors (Lipinski definition) is 0. The summed E-state index contributed by atoms with van der Waals surface area (Å²) in [4.78, 5) is 22.9. The summed E-state index contributed by atoms with van der Waals surface area (Å²) in [5.41, 5.74) is 37.3. The molecule has 0 saturated heterocycles. The molecule has 0 aliphatic carbocycles. The molecule has 0 bridgehead atoms. The molecule has 29 rings (SSSR count). The van der Waals surface area contributed by atoms with Gasteiger partial charge in [0.2, 0.25) is 5.95 Å². The largest absolute Gasteiger partial charge is 0.456 e. The Morgan fingerprint density at radius 1 is 0.229 bits per heavy atom. The second-order valence-electron chi connectivity index (χ2n) is 39.8. The summed E-state index contributed by atoms with van der Waals surface area (Å²) in [7, 11) is 0. The van der Waals surface area contributed by atoms with E-state index < -0.39 is 0 Å². The molecule has 11 heteroatoms. The zero-order valence-corrected chi connectivity index (χ0v) is 78.8. The van der Waals surface area contributed by atoms with Crippen LogP contribution in [0.4, 0.5) is 51.2 Å². The molecule has 0 N–H and O–H groups in total. The third-order valence-corrected chi connectivity index (χ3v) is 30.5. The topological polar surface area (TPSA) is 89.5 Å². The molecule has 0 atom stereocenters. The van der Waals surface area contributed by atoms with Gasteiger partial charge < -0.3 is 32.7 Å². The van der Waals surface area contributed by atoms with Gasteiger partial charge in [0, 0.05) is 116 Å². The van der Waals surface area contributed by atoms with Crippen molar-refractivity contribution in [2.45, 2.75) is 77.0 Å². The summed E-state index contributed by atoms with van der Waals surface area (Å²) in [6.07, 6.45) is 0. The number of hydrogen-bond acceptors (Lipinski definition) is 8. The van der Waals surface area contributed by atoms with Crippen LogP contribution >= 0.6 is 0 Å². The van der Waals surface area contributed by atoms with Gasteiger partial charge in [-0.05, 0) is 207 Å². The minimum Gasteiger partial charge on any atom is -0.456 e. The quantitative estimate of drug-likeness (QED) is 0.141. The van der Waals surface area contributed by atoms with Gasteiger partial charge in [-0.15, -0.1) is 0 Å². The fourth-order valence-corrected chi connectivity index (χ4v) is 23.6. The summed E-state index contributed by atoms with van der Waals surface area (Å²) in [6.45, 7) is 19.0. The molecule has 11 nitrogen and oxygen atoms in total. The molecule has 668 valence electrons. The molecule has 6 aromatic heterocycles. The average molecular weight is 1800 g/mol.